The molecule has 1 N–H and O–H groups in total. The molecule has 1 aromatic heterocycles. The fraction of sp³-hybridized carbons (Fsp3) is 0.818. The van der Waals surface area contributed by atoms with Crippen LogP contribution in [-0.2, 0) is 11.2 Å². The van der Waals surface area contributed by atoms with Crippen molar-refractivity contribution in [2.45, 2.75) is 37.6 Å². The summed E-state index contributed by atoms with van der Waals surface area (Å²) < 4.78 is 10.5. The number of nitrogens with zero attached hydrogens (tertiary/aromatic N) is 2. The maximum atomic E-state index is 5.31. The van der Waals surface area contributed by atoms with Crippen LogP contribution in [0.5, 0.6) is 0 Å². The molecule has 0 radical (unpaired) electrons. The lowest BCUT2D eigenvalue weighted by atomic mass is 10.1. The first-order valence-electron chi connectivity index (χ1n) is 6.05. The molecule has 0 amide bonds. The Hall–Kier alpha value is -0.940. The van der Waals surface area contributed by atoms with Crippen molar-refractivity contribution in [3.05, 3.63) is 11.7 Å². The van der Waals surface area contributed by atoms with Crippen LogP contribution in [0, 0.1) is 0 Å². The van der Waals surface area contributed by atoms with Gasteiger partial charge in [-0.05, 0) is 19.3 Å². The zero-order valence-electron chi connectivity index (χ0n) is 9.32. The van der Waals surface area contributed by atoms with E-state index in [9.17, 15) is 0 Å². The van der Waals surface area contributed by atoms with Crippen LogP contribution >= 0.6 is 0 Å². The van der Waals surface area contributed by atoms with Crippen LogP contribution in [0.2, 0.25) is 0 Å². The lowest BCUT2D eigenvalue weighted by Crippen LogP contribution is -2.19. The molecule has 2 fully saturated rings. The number of rotatable bonds is 5. The van der Waals surface area contributed by atoms with Gasteiger partial charge >= 0.3 is 0 Å². The molecule has 88 valence electrons. The molecule has 1 saturated carbocycles. The lowest BCUT2D eigenvalue weighted by molar-refractivity contribution is 0.192. The first-order chi connectivity index (χ1) is 7.92. The van der Waals surface area contributed by atoms with Crippen molar-refractivity contribution in [1.29, 1.82) is 0 Å². The minimum absolute atomic E-state index is 0.342. The topological polar surface area (TPSA) is 60.2 Å². The third-order valence-corrected chi connectivity index (χ3v) is 3.13. The molecule has 16 heavy (non-hydrogen) atoms. The molecule has 3 rings (SSSR count). The first-order valence-corrected chi connectivity index (χ1v) is 6.05. The van der Waals surface area contributed by atoms with E-state index in [0.29, 0.717) is 5.92 Å². The van der Waals surface area contributed by atoms with Gasteiger partial charge in [-0.15, -0.1) is 0 Å². The maximum absolute atomic E-state index is 5.31. The predicted octanol–water partition coefficient (Wildman–Crippen LogP) is 0.868. The number of hydrogen-bond acceptors (Lipinski definition) is 5. The van der Waals surface area contributed by atoms with Crippen molar-refractivity contribution in [3.8, 4) is 0 Å². The molecule has 1 aliphatic heterocycles. The zero-order valence-corrected chi connectivity index (χ0v) is 9.32. The maximum Gasteiger partial charge on any atom is 0.227 e. The number of hydrogen-bond donors (Lipinski definition) is 1. The molecule has 1 saturated heterocycles. The Labute approximate surface area is 94.6 Å². The summed E-state index contributed by atoms with van der Waals surface area (Å²) in [6.07, 6.45) is 4.47. The third-order valence-electron chi connectivity index (χ3n) is 3.13. The van der Waals surface area contributed by atoms with E-state index in [0.717, 1.165) is 50.4 Å². The van der Waals surface area contributed by atoms with Crippen LogP contribution in [0.4, 0.5) is 0 Å². The van der Waals surface area contributed by atoms with Gasteiger partial charge in [-0.1, -0.05) is 5.16 Å². The highest BCUT2D eigenvalue weighted by Gasteiger charge is 2.23. The van der Waals surface area contributed by atoms with Gasteiger partial charge in [0.25, 0.3) is 0 Å². The Morgan fingerprint density at radius 1 is 1.31 bits per heavy atom. The first kappa shape index (κ1) is 10.2. The van der Waals surface area contributed by atoms with Crippen molar-refractivity contribution in [1.82, 2.24) is 15.5 Å². The second kappa shape index (κ2) is 4.51. The number of nitrogens with one attached hydrogen (secondary N) is 1. The van der Waals surface area contributed by atoms with E-state index < -0.39 is 0 Å². The average Bonchev–Trinajstić information content (AvgIpc) is 2.83. The van der Waals surface area contributed by atoms with Gasteiger partial charge in [0.1, 0.15) is 0 Å². The number of aromatic nitrogens is 2. The molecule has 1 aliphatic carbocycles. The predicted molar refractivity (Wildman–Crippen MR) is 57.2 cm³/mol. The van der Waals surface area contributed by atoms with E-state index in [1.54, 1.807) is 0 Å². The molecule has 0 bridgehead atoms. The minimum Gasteiger partial charge on any atom is -0.381 e. The second-order valence-electron chi connectivity index (χ2n) is 4.59. The summed E-state index contributed by atoms with van der Waals surface area (Å²) in [4.78, 5) is 4.41. The van der Waals surface area contributed by atoms with E-state index in [-0.39, 0.29) is 0 Å². The van der Waals surface area contributed by atoms with E-state index in [4.69, 9.17) is 9.26 Å². The molecule has 1 aromatic rings. The second-order valence-corrected chi connectivity index (χ2v) is 4.59. The van der Waals surface area contributed by atoms with Gasteiger partial charge in [0, 0.05) is 31.5 Å². The Kier molecular flexibility index (Phi) is 2.88. The van der Waals surface area contributed by atoms with Crippen molar-refractivity contribution in [2.24, 2.45) is 0 Å². The quantitative estimate of drug-likeness (QED) is 0.802. The van der Waals surface area contributed by atoms with Crippen LogP contribution in [0.25, 0.3) is 0 Å². The summed E-state index contributed by atoms with van der Waals surface area (Å²) in [5, 5.41) is 7.45. The monoisotopic (exact) mass is 223 g/mol. The SMILES string of the molecule is C(Cc1nc(C2CCOC2)no1)NC1CC1. The van der Waals surface area contributed by atoms with Gasteiger partial charge in [0.15, 0.2) is 5.82 Å². The Balaban J connectivity index is 1.50. The highest BCUT2D eigenvalue weighted by molar-refractivity contribution is 4.97. The summed E-state index contributed by atoms with van der Waals surface area (Å²) in [5.74, 6) is 1.91. The van der Waals surface area contributed by atoms with Gasteiger partial charge < -0.3 is 14.6 Å². The lowest BCUT2D eigenvalue weighted by Gasteiger charge is -1.98. The van der Waals surface area contributed by atoms with Crippen LogP contribution < -0.4 is 5.32 Å². The molecule has 5 nitrogen and oxygen atoms in total. The average molecular weight is 223 g/mol. The molecule has 0 aromatic carbocycles. The molecule has 2 aliphatic rings. The summed E-state index contributed by atoms with van der Waals surface area (Å²) in [7, 11) is 0. The van der Waals surface area contributed by atoms with Gasteiger partial charge in [0.2, 0.25) is 5.89 Å². The molecule has 0 spiro atoms. The van der Waals surface area contributed by atoms with Gasteiger partial charge in [0.05, 0.1) is 6.61 Å². The molecular weight excluding hydrogens is 206 g/mol. The van der Waals surface area contributed by atoms with Crippen LogP contribution in [0.3, 0.4) is 0 Å². The molecule has 1 unspecified atom stereocenters. The summed E-state index contributed by atoms with van der Waals surface area (Å²) in [6, 6.07) is 0.741. The van der Waals surface area contributed by atoms with E-state index in [2.05, 4.69) is 15.5 Å². The largest absolute Gasteiger partial charge is 0.381 e. The fourth-order valence-corrected chi connectivity index (χ4v) is 1.94. The summed E-state index contributed by atoms with van der Waals surface area (Å²) in [6.45, 7) is 2.49. The van der Waals surface area contributed by atoms with Crippen molar-refractivity contribution < 1.29 is 9.26 Å². The fourth-order valence-electron chi connectivity index (χ4n) is 1.94. The van der Waals surface area contributed by atoms with Gasteiger partial charge in [-0.3, -0.25) is 0 Å². The summed E-state index contributed by atoms with van der Waals surface area (Å²) in [5.41, 5.74) is 0. The third kappa shape index (κ3) is 2.41. The summed E-state index contributed by atoms with van der Waals surface area (Å²) >= 11 is 0. The van der Waals surface area contributed by atoms with Crippen LogP contribution in [0.1, 0.15) is 36.9 Å². The van der Waals surface area contributed by atoms with Gasteiger partial charge in [-0.25, -0.2) is 0 Å². The highest BCUT2D eigenvalue weighted by Crippen LogP contribution is 2.22. The van der Waals surface area contributed by atoms with Crippen molar-refractivity contribution in [2.75, 3.05) is 19.8 Å². The Bertz CT molecular complexity index is 343. The standard InChI is InChI=1S/C11H17N3O2/c1-2-9(1)12-5-3-10-13-11(14-16-10)8-4-6-15-7-8/h8-9,12H,1-7H2. The smallest absolute Gasteiger partial charge is 0.227 e. The molecular formula is C11H17N3O2. The number of ether oxygens (including phenoxy) is 1. The van der Waals surface area contributed by atoms with E-state index >= 15 is 0 Å². The Morgan fingerprint density at radius 2 is 2.25 bits per heavy atom. The van der Waals surface area contributed by atoms with E-state index in [1.165, 1.54) is 12.8 Å². The van der Waals surface area contributed by atoms with Crippen LogP contribution in [-0.4, -0.2) is 35.9 Å². The molecule has 2 heterocycles. The normalized spacial score (nSPS) is 25.1. The minimum atomic E-state index is 0.342. The molecule has 5 heteroatoms. The molecule has 1 atom stereocenters. The zero-order chi connectivity index (χ0) is 10.8. The Morgan fingerprint density at radius 3 is 3.00 bits per heavy atom. The van der Waals surface area contributed by atoms with E-state index in [1.807, 2.05) is 0 Å². The van der Waals surface area contributed by atoms with Crippen LogP contribution in [0.15, 0.2) is 4.52 Å². The highest BCUT2D eigenvalue weighted by atomic mass is 16.5. The van der Waals surface area contributed by atoms with Crippen molar-refractivity contribution in [3.63, 3.8) is 0 Å². The van der Waals surface area contributed by atoms with Crippen molar-refractivity contribution >= 4 is 0 Å². The van der Waals surface area contributed by atoms with Gasteiger partial charge in [-0.2, -0.15) is 4.98 Å².